The van der Waals surface area contributed by atoms with Crippen LogP contribution in [0.2, 0.25) is 0 Å². The molecule has 0 aliphatic rings. The Labute approximate surface area is 127 Å². The molecular formula is C14H17N3O3S. The molecular weight excluding hydrogens is 290 g/mol. The van der Waals surface area contributed by atoms with E-state index in [0.29, 0.717) is 23.1 Å². The minimum absolute atomic E-state index is 0.107. The van der Waals surface area contributed by atoms with E-state index in [-0.39, 0.29) is 19.1 Å². The molecule has 2 aromatic rings. The SMILES string of the molecule is Cc1nnc(CN(C)C(=O)c2ccc(SCCO)cc2)o1. The van der Waals surface area contributed by atoms with Crippen LogP contribution in [0.25, 0.3) is 0 Å². The van der Waals surface area contributed by atoms with Gasteiger partial charge >= 0.3 is 0 Å². The van der Waals surface area contributed by atoms with Crippen molar-refractivity contribution in [1.82, 2.24) is 15.1 Å². The highest BCUT2D eigenvalue weighted by molar-refractivity contribution is 7.99. The van der Waals surface area contributed by atoms with Crippen molar-refractivity contribution in [3.05, 3.63) is 41.6 Å². The van der Waals surface area contributed by atoms with Gasteiger partial charge in [-0.25, -0.2) is 0 Å². The van der Waals surface area contributed by atoms with E-state index in [0.717, 1.165) is 4.90 Å². The fourth-order valence-corrected chi connectivity index (χ4v) is 2.41. The normalized spacial score (nSPS) is 10.6. The van der Waals surface area contributed by atoms with Crippen molar-refractivity contribution >= 4 is 17.7 Å². The Morgan fingerprint density at radius 2 is 2.05 bits per heavy atom. The first-order chi connectivity index (χ1) is 10.1. The van der Waals surface area contributed by atoms with Crippen LogP contribution in [0.3, 0.4) is 0 Å². The number of amides is 1. The van der Waals surface area contributed by atoms with Gasteiger partial charge in [0.1, 0.15) is 0 Å². The van der Waals surface area contributed by atoms with Crippen LogP contribution in [0.5, 0.6) is 0 Å². The third-order valence-corrected chi connectivity index (χ3v) is 3.74. The maximum atomic E-state index is 12.3. The fraction of sp³-hybridized carbons (Fsp3) is 0.357. The van der Waals surface area contributed by atoms with E-state index in [4.69, 9.17) is 9.52 Å². The number of aryl methyl sites for hydroxylation is 1. The molecule has 0 bridgehead atoms. The second kappa shape index (κ2) is 7.24. The van der Waals surface area contributed by atoms with E-state index in [1.54, 1.807) is 37.9 Å². The number of carbonyl (C=O) groups excluding carboxylic acids is 1. The van der Waals surface area contributed by atoms with Crippen molar-refractivity contribution in [3.63, 3.8) is 0 Å². The van der Waals surface area contributed by atoms with Crippen molar-refractivity contribution < 1.29 is 14.3 Å². The van der Waals surface area contributed by atoms with Crippen LogP contribution in [0.1, 0.15) is 22.1 Å². The predicted molar refractivity (Wildman–Crippen MR) is 79.1 cm³/mol. The second-order valence-electron chi connectivity index (χ2n) is 4.47. The summed E-state index contributed by atoms with van der Waals surface area (Å²) in [7, 11) is 1.69. The van der Waals surface area contributed by atoms with Gasteiger partial charge in [0.05, 0.1) is 13.2 Å². The summed E-state index contributed by atoms with van der Waals surface area (Å²) in [5, 5.41) is 16.4. The number of aliphatic hydroxyl groups excluding tert-OH is 1. The molecule has 21 heavy (non-hydrogen) atoms. The first kappa shape index (κ1) is 15.5. The first-order valence-electron chi connectivity index (χ1n) is 6.48. The summed E-state index contributed by atoms with van der Waals surface area (Å²) in [6.45, 7) is 2.12. The van der Waals surface area contributed by atoms with Gasteiger partial charge in [0.15, 0.2) is 0 Å². The lowest BCUT2D eigenvalue weighted by Crippen LogP contribution is -2.26. The van der Waals surface area contributed by atoms with E-state index in [1.807, 2.05) is 12.1 Å². The standard InChI is InChI=1S/C14H17N3O3S/c1-10-15-16-13(20-10)9-17(2)14(19)11-3-5-12(6-4-11)21-8-7-18/h3-6,18H,7-9H2,1-2H3. The monoisotopic (exact) mass is 307 g/mol. The number of benzene rings is 1. The molecule has 1 N–H and O–H groups in total. The molecule has 0 radical (unpaired) electrons. The van der Waals surface area contributed by atoms with Gasteiger partial charge in [-0.2, -0.15) is 0 Å². The Kier molecular flexibility index (Phi) is 5.35. The second-order valence-corrected chi connectivity index (χ2v) is 5.64. The van der Waals surface area contributed by atoms with Crippen LogP contribution in [0.15, 0.2) is 33.6 Å². The van der Waals surface area contributed by atoms with Crippen LogP contribution in [0, 0.1) is 6.92 Å². The molecule has 112 valence electrons. The Morgan fingerprint density at radius 3 is 2.62 bits per heavy atom. The zero-order chi connectivity index (χ0) is 15.2. The van der Waals surface area contributed by atoms with Crippen molar-refractivity contribution in [1.29, 1.82) is 0 Å². The van der Waals surface area contributed by atoms with E-state index in [9.17, 15) is 4.79 Å². The smallest absolute Gasteiger partial charge is 0.254 e. The van der Waals surface area contributed by atoms with Gasteiger partial charge in [0.2, 0.25) is 11.8 Å². The molecule has 0 fully saturated rings. The number of hydrogen-bond acceptors (Lipinski definition) is 6. The summed E-state index contributed by atoms with van der Waals surface area (Å²) >= 11 is 1.55. The molecule has 0 unspecified atom stereocenters. The van der Waals surface area contributed by atoms with Gasteiger partial charge < -0.3 is 14.4 Å². The average molecular weight is 307 g/mol. The topological polar surface area (TPSA) is 79.5 Å². The summed E-state index contributed by atoms with van der Waals surface area (Å²) in [5.74, 6) is 1.43. The number of aliphatic hydroxyl groups is 1. The van der Waals surface area contributed by atoms with Crippen molar-refractivity contribution in [3.8, 4) is 0 Å². The molecule has 0 aliphatic carbocycles. The molecule has 0 saturated carbocycles. The third kappa shape index (κ3) is 4.30. The van der Waals surface area contributed by atoms with E-state index >= 15 is 0 Å². The average Bonchev–Trinajstić information content (AvgIpc) is 2.90. The molecule has 1 amide bonds. The lowest BCUT2D eigenvalue weighted by atomic mass is 10.2. The van der Waals surface area contributed by atoms with Crippen molar-refractivity contribution in [2.24, 2.45) is 0 Å². The van der Waals surface area contributed by atoms with E-state index in [1.165, 1.54) is 4.90 Å². The maximum absolute atomic E-state index is 12.3. The highest BCUT2D eigenvalue weighted by atomic mass is 32.2. The molecule has 7 heteroatoms. The maximum Gasteiger partial charge on any atom is 0.254 e. The highest BCUT2D eigenvalue weighted by Crippen LogP contribution is 2.18. The van der Waals surface area contributed by atoms with Crippen molar-refractivity contribution in [2.75, 3.05) is 19.4 Å². The first-order valence-corrected chi connectivity index (χ1v) is 7.47. The Morgan fingerprint density at radius 1 is 1.33 bits per heavy atom. The minimum Gasteiger partial charge on any atom is -0.424 e. The van der Waals surface area contributed by atoms with Gasteiger partial charge in [-0.05, 0) is 24.3 Å². The number of thioether (sulfide) groups is 1. The summed E-state index contributed by atoms with van der Waals surface area (Å²) < 4.78 is 5.26. The zero-order valence-electron chi connectivity index (χ0n) is 11.9. The predicted octanol–water partition coefficient (Wildman–Crippen LogP) is 1.73. The Bertz CT molecular complexity index is 598. The molecule has 0 saturated heterocycles. The van der Waals surface area contributed by atoms with Crippen molar-refractivity contribution in [2.45, 2.75) is 18.4 Å². The highest BCUT2D eigenvalue weighted by Gasteiger charge is 2.14. The van der Waals surface area contributed by atoms with Crippen LogP contribution < -0.4 is 0 Å². The Hall–Kier alpha value is -1.86. The molecule has 2 rings (SSSR count). The quantitative estimate of drug-likeness (QED) is 0.819. The summed E-state index contributed by atoms with van der Waals surface area (Å²) in [5.41, 5.74) is 0.599. The van der Waals surface area contributed by atoms with Crippen LogP contribution in [-0.4, -0.2) is 45.5 Å². The summed E-state index contributed by atoms with van der Waals surface area (Å²) in [4.78, 5) is 14.8. The molecule has 0 spiro atoms. The zero-order valence-corrected chi connectivity index (χ0v) is 12.8. The van der Waals surface area contributed by atoms with Crippen LogP contribution in [0.4, 0.5) is 0 Å². The molecule has 1 aromatic carbocycles. The van der Waals surface area contributed by atoms with Crippen LogP contribution >= 0.6 is 11.8 Å². The lowest BCUT2D eigenvalue weighted by Gasteiger charge is -2.15. The molecule has 1 aromatic heterocycles. The van der Waals surface area contributed by atoms with Gasteiger partial charge in [0, 0.05) is 30.2 Å². The largest absolute Gasteiger partial charge is 0.424 e. The molecule has 6 nitrogen and oxygen atoms in total. The molecule has 1 heterocycles. The number of nitrogens with zero attached hydrogens (tertiary/aromatic N) is 3. The number of hydrogen-bond donors (Lipinski definition) is 1. The minimum atomic E-state index is -0.107. The number of carbonyl (C=O) groups is 1. The molecule has 0 aliphatic heterocycles. The summed E-state index contributed by atoms with van der Waals surface area (Å²) in [6.07, 6.45) is 0. The third-order valence-electron chi connectivity index (χ3n) is 2.75. The van der Waals surface area contributed by atoms with Gasteiger partial charge in [0.25, 0.3) is 5.91 Å². The van der Waals surface area contributed by atoms with E-state index in [2.05, 4.69) is 10.2 Å². The summed E-state index contributed by atoms with van der Waals surface area (Å²) in [6, 6.07) is 7.30. The Balaban J connectivity index is 1.98. The number of aromatic nitrogens is 2. The fourth-order valence-electron chi connectivity index (χ4n) is 1.75. The lowest BCUT2D eigenvalue weighted by molar-refractivity contribution is 0.0772. The van der Waals surface area contributed by atoms with Gasteiger partial charge in [-0.3, -0.25) is 4.79 Å². The van der Waals surface area contributed by atoms with E-state index < -0.39 is 0 Å². The number of rotatable bonds is 6. The van der Waals surface area contributed by atoms with Crippen LogP contribution in [-0.2, 0) is 6.54 Å². The van der Waals surface area contributed by atoms with Gasteiger partial charge in [-0.1, -0.05) is 0 Å². The molecule has 0 atom stereocenters. The van der Waals surface area contributed by atoms with Gasteiger partial charge in [-0.15, -0.1) is 22.0 Å².